The molecule has 3 unspecified atom stereocenters. The number of nitrogens with one attached hydrogen (secondary N) is 1. The highest BCUT2D eigenvalue weighted by molar-refractivity contribution is 4.84. The normalized spacial score (nSPS) is 30.2. The molecule has 1 aliphatic carbocycles. The number of hydrogen-bond acceptors (Lipinski definition) is 1. The van der Waals surface area contributed by atoms with Crippen LogP contribution in [0.3, 0.4) is 0 Å². The summed E-state index contributed by atoms with van der Waals surface area (Å²) >= 11 is 0. The second-order valence-electron chi connectivity index (χ2n) is 6.69. The summed E-state index contributed by atoms with van der Waals surface area (Å²) in [5.74, 6) is 4.58. The first-order valence-corrected chi connectivity index (χ1v) is 7.76. The van der Waals surface area contributed by atoms with Crippen molar-refractivity contribution in [1.29, 1.82) is 0 Å². The molecule has 0 heterocycles. The minimum absolute atomic E-state index is 0.852. The summed E-state index contributed by atoms with van der Waals surface area (Å²) in [7, 11) is 0. The fraction of sp³-hybridized carbons (Fsp3) is 1.00. The SMILES string of the molecule is CCCNCC1CCC(C(C)C)CC1C(C)C. The van der Waals surface area contributed by atoms with E-state index in [0.717, 1.165) is 29.6 Å². The van der Waals surface area contributed by atoms with Crippen LogP contribution in [-0.2, 0) is 0 Å². The highest BCUT2D eigenvalue weighted by Gasteiger charge is 2.32. The van der Waals surface area contributed by atoms with Gasteiger partial charge in [0.1, 0.15) is 0 Å². The highest BCUT2D eigenvalue weighted by Crippen LogP contribution is 2.40. The van der Waals surface area contributed by atoms with Crippen LogP contribution >= 0.6 is 0 Å². The lowest BCUT2D eigenvalue weighted by Gasteiger charge is -2.40. The zero-order valence-corrected chi connectivity index (χ0v) is 12.6. The van der Waals surface area contributed by atoms with E-state index in [-0.39, 0.29) is 0 Å². The minimum Gasteiger partial charge on any atom is -0.316 e. The van der Waals surface area contributed by atoms with E-state index in [2.05, 4.69) is 39.9 Å². The molecule has 0 radical (unpaired) electrons. The van der Waals surface area contributed by atoms with E-state index in [1.807, 2.05) is 0 Å². The molecule has 0 aromatic heterocycles. The second-order valence-corrected chi connectivity index (χ2v) is 6.69. The van der Waals surface area contributed by atoms with Crippen LogP contribution in [0, 0.1) is 29.6 Å². The van der Waals surface area contributed by atoms with Crippen LogP contribution in [0.5, 0.6) is 0 Å². The third-order valence-electron chi connectivity index (χ3n) is 4.72. The van der Waals surface area contributed by atoms with Gasteiger partial charge in [-0.2, -0.15) is 0 Å². The van der Waals surface area contributed by atoms with Crippen molar-refractivity contribution in [2.24, 2.45) is 29.6 Å². The van der Waals surface area contributed by atoms with Gasteiger partial charge >= 0.3 is 0 Å². The van der Waals surface area contributed by atoms with E-state index < -0.39 is 0 Å². The predicted octanol–water partition coefficient (Wildman–Crippen LogP) is 4.33. The van der Waals surface area contributed by atoms with Crippen LogP contribution in [-0.4, -0.2) is 13.1 Å². The Hall–Kier alpha value is -0.0400. The van der Waals surface area contributed by atoms with Crippen molar-refractivity contribution >= 4 is 0 Å². The van der Waals surface area contributed by atoms with Crippen LogP contribution in [0.4, 0.5) is 0 Å². The monoisotopic (exact) mass is 239 g/mol. The fourth-order valence-electron chi connectivity index (χ4n) is 3.44. The van der Waals surface area contributed by atoms with Gasteiger partial charge in [0.2, 0.25) is 0 Å². The zero-order valence-electron chi connectivity index (χ0n) is 12.6. The van der Waals surface area contributed by atoms with Crippen molar-refractivity contribution in [1.82, 2.24) is 5.32 Å². The molecule has 1 saturated carbocycles. The summed E-state index contributed by atoms with van der Waals surface area (Å²) in [6.45, 7) is 14.3. The largest absolute Gasteiger partial charge is 0.316 e. The van der Waals surface area contributed by atoms with E-state index in [1.165, 1.54) is 38.8 Å². The Labute approximate surface area is 109 Å². The van der Waals surface area contributed by atoms with E-state index in [0.29, 0.717) is 0 Å². The molecule has 102 valence electrons. The molecule has 1 fully saturated rings. The molecule has 0 aromatic carbocycles. The first-order valence-electron chi connectivity index (χ1n) is 7.76. The first kappa shape index (κ1) is 15.0. The van der Waals surface area contributed by atoms with Crippen LogP contribution in [0.1, 0.15) is 60.3 Å². The van der Waals surface area contributed by atoms with E-state index in [1.54, 1.807) is 0 Å². The lowest BCUT2D eigenvalue weighted by atomic mass is 9.67. The quantitative estimate of drug-likeness (QED) is 0.680. The lowest BCUT2D eigenvalue weighted by Crippen LogP contribution is -2.36. The lowest BCUT2D eigenvalue weighted by molar-refractivity contribution is 0.110. The van der Waals surface area contributed by atoms with E-state index in [9.17, 15) is 0 Å². The van der Waals surface area contributed by atoms with Crippen molar-refractivity contribution in [3.8, 4) is 0 Å². The van der Waals surface area contributed by atoms with Gasteiger partial charge in [0.25, 0.3) is 0 Å². The van der Waals surface area contributed by atoms with Crippen LogP contribution in [0.25, 0.3) is 0 Å². The molecule has 1 rings (SSSR count). The molecule has 3 atom stereocenters. The highest BCUT2D eigenvalue weighted by atomic mass is 14.9. The molecule has 1 nitrogen and oxygen atoms in total. The van der Waals surface area contributed by atoms with Gasteiger partial charge in [-0.3, -0.25) is 0 Å². The van der Waals surface area contributed by atoms with Crippen molar-refractivity contribution in [2.45, 2.75) is 60.3 Å². The van der Waals surface area contributed by atoms with Crippen LogP contribution < -0.4 is 5.32 Å². The van der Waals surface area contributed by atoms with Gasteiger partial charge in [0, 0.05) is 0 Å². The zero-order chi connectivity index (χ0) is 12.8. The van der Waals surface area contributed by atoms with Gasteiger partial charge in [-0.15, -0.1) is 0 Å². The molecule has 0 bridgehead atoms. The Kier molecular flexibility index (Phi) is 6.54. The molecular formula is C16H33N. The fourth-order valence-corrected chi connectivity index (χ4v) is 3.44. The van der Waals surface area contributed by atoms with Crippen LogP contribution in [0.15, 0.2) is 0 Å². The molecule has 1 aliphatic rings. The van der Waals surface area contributed by atoms with Gasteiger partial charge in [-0.25, -0.2) is 0 Å². The number of rotatable bonds is 6. The summed E-state index contributed by atoms with van der Waals surface area (Å²) in [5, 5.41) is 3.63. The maximum absolute atomic E-state index is 3.63. The predicted molar refractivity (Wildman–Crippen MR) is 77.2 cm³/mol. The first-order chi connectivity index (χ1) is 8.06. The van der Waals surface area contributed by atoms with Crippen LogP contribution in [0.2, 0.25) is 0 Å². The maximum atomic E-state index is 3.63. The second kappa shape index (κ2) is 7.41. The Balaban J connectivity index is 2.47. The molecule has 1 N–H and O–H groups in total. The molecule has 0 amide bonds. The van der Waals surface area contributed by atoms with Crippen molar-refractivity contribution < 1.29 is 0 Å². The van der Waals surface area contributed by atoms with Gasteiger partial charge in [0.05, 0.1) is 0 Å². The van der Waals surface area contributed by atoms with Gasteiger partial charge in [-0.05, 0) is 68.4 Å². The minimum atomic E-state index is 0.852. The molecule has 0 spiro atoms. The standard InChI is InChI=1S/C16H33N/c1-6-9-17-11-15-8-7-14(12(2)3)10-16(15)13(4)5/h12-17H,6-11H2,1-5H3. The Bertz CT molecular complexity index is 198. The summed E-state index contributed by atoms with van der Waals surface area (Å²) in [6, 6.07) is 0. The molecule has 0 aliphatic heterocycles. The van der Waals surface area contributed by atoms with Crippen molar-refractivity contribution in [3.05, 3.63) is 0 Å². The summed E-state index contributed by atoms with van der Waals surface area (Å²) in [6.07, 6.45) is 5.63. The van der Waals surface area contributed by atoms with E-state index >= 15 is 0 Å². The summed E-state index contributed by atoms with van der Waals surface area (Å²) < 4.78 is 0. The summed E-state index contributed by atoms with van der Waals surface area (Å²) in [4.78, 5) is 0. The maximum Gasteiger partial charge on any atom is -0.00178 e. The Morgan fingerprint density at radius 2 is 1.76 bits per heavy atom. The van der Waals surface area contributed by atoms with Crippen molar-refractivity contribution in [2.75, 3.05) is 13.1 Å². The smallest absolute Gasteiger partial charge is 0.00178 e. The molecule has 0 aromatic rings. The number of hydrogen-bond donors (Lipinski definition) is 1. The molecular weight excluding hydrogens is 206 g/mol. The average Bonchev–Trinajstić information content (AvgIpc) is 2.29. The Morgan fingerprint density at radius 1 is 1.06 bits per heavy atom. The van der Waals surface area contributed by atoms with Gasteiger partial charge < -0.3 is 5.32 Å². The molecule has 17 heavy (non-hydrogen) atoms. The van der Waals surface area contributed by atoms with Crippen molar-refractivity contribution in [3.63, 3.8) is 0 Å². The molecule has 1 heteroatoms. The Morgan fingerprint density at radius 3 is 2.29 bits per heavy atom. The van der Waals surface area contributed by atoms with E-state index in [4.69, 9.17) is 0 Å². The molecule has 0 saturated heterocycles. The van der Waals surface area contributed by atoms with Gasteiger partial charge in [0.15, 0.2) is 0 Å². The third-order valence-corrected chi connectivity index (χ3v) is 4.72. The summed E-state index contributed by atoms with van der Waals surface area (Å²) in [5.41, 5.74) is 0. The van der Waals surface area contributed by atoms with Gasteiger partial charge in [-0.1, -0.05) is 34.6 Å². The topological polar surface area (TPSA) is 12.0 Å². The average molecular weight is 239 g/mol. The third kappa shape index (κ3) is 4.62.